The molecule has 2 rings (SSSR count). The van der Waals surface area contributed by atoms with E-state index in [9.17, 15) is 18.0 Å². The lowest BCUT2D eigenvalue weighted by molar-refractivity contribution is -0.137. The zero-order valence-electron chi connectivity index (χ0n) is 12.9. The van der Waals surface area contributed by atoms with E-state index in [2.05, 4.69) is 5.32 Å². The molecule has 2 aromatic carbocycles. The van der Waals surface area contributed by atoms with Crippen LogP contribution < -0.4 is 10.2 Å². The Balaban J connectivity index is 2.34. The van der Waals surface area contributed by atoms with Crippen molar-refractivity contribution in [2.24, 2.45) is 0 Å². The van der Waals surface area contributed by atoms with E-state index in [0.29, 0.717) is 12.2 Å². The van der Waals surface area contributed by atoms with E-state index in [-0.39, 0.29) is 11.6 Å². The van der Waals surface area contributed by atoms with Crippen LogP contribution in [0.25, 0.3) is 0 Å². The monoisotopic (exact) mass is 356 g/mol. The van der Waals surface area contributed by atoms with Crippen molar-refractivity contribution in [3.8, 4) is 0 Å². The van der Waals surface area contributed by atoms with Crippen LogP contribution in [0.1, 0.15) is 11.1 Å². The Kier molecular flexibility index (Phi) is 5.72. The highest BCUT2D eigenvalue weighted by Crippen LogP contribution is 2.35. The number of nitrogens with one attached hydrogen (secondary N) is 1. The maximum absolute atomic E-state index is 12.9. The molecule has 128 valence electrons. The molecular formula is C17H16ClF3N2O. The van der Waals surface area contributed by atoms with Crippen LogP contribution in [0.2, 0.25) is 0 Å². The summed E-state index contributed by atoms with van der Waals surface area (Å²) in [5.41, 5.74) is 0.720. The zero-order chi connectivity index (χ0) is 17.7. The topological polar surface area (TPSA) is 32.3 Å². The van der Waals surface area contributed by atoms with Crippen LogP contribution in [0.3, 0.4) is 0 Å². The lowest BCUT2D eigenvalue weighted by Gasteiger charge is -2.24. The summed E-state index contributed by atoms with van der Waals surface area (Å²) in [6, 6.07) is 12.7. The molecule has 0 spiro atoms. The van der Waals surface area contributed by atoms with E-state index >= 15 is 0 Å². The molecule has 0 saturated heterocycles. The number of carbonyl (C=O) groups is 1. The van der Waals surface area contributed by atoms with Crippen LogP contribution >= 0.6 is 11.6 Å². The summed E-state index contributed by atoms with van der Waals surface area (Å²) >= 11 is 5.45. The number of rotatable bonds is 5. The lowest BCUT2D eigenvalue weighted by Crippen LogP contribution is -2.21. The van der Waals surface area contributed by atoms with E-state index in [1.807, 2.05) is 30.3 Å². The molecule has 1 N–H and O–H groups in total. The quantitative estimate of drug-likeness (QED) is 0.799. The van der Waals surface area contributed by atoms with Crippen LogP contribution in [-0.4, -0.2) is 18.8 Å². The van der Waals surface area contributed by atoms with Gasteiger partial charge in [-0.25, -0.2) is 0 Å². The summed E-state index contributed by atoms with van der Waals surface area (Å²) in [6.45, 7) is 0.482. The van der Waals surface area contributed by atoms with Crippen molar-refractivity contribution in [2.45, 2.75) is 12.7 Å². The predicted molar refractivity (Wildman–Crippen MR) is 89.3 cm³/mol. The number of anilines is 2. The largest absolute Gasteiger partial charge is 0.416 e. The molecule has 0 aliphatic heterocycles. The van der Waals surface area contributed by atoms with Gasteiger partial charge in [0.15, 0.2) is 0 Å². The molecule has 0 aliphatic carbocycles. The maximum atomic E-state index is 12.9. The number of nitrogens with zero attached hydrogens (tertiary/aromatic N) is 1. The first kappa shape index (κ1) is 18.1. The summed E-state index contributed by atoms with van der Waals surface area (Å²) in [5.74, 6) is -0.900. The standard InChI is InChI=1S/C17H16ClF3N2O/c1-23(11-12-5-3-2-4-6-12)15-8-7-13(17(19,20)21)9-14(15)22-16(24)10-18/h2-9H,10-11H2,1H3,(H,22,24). The first-order valence-corrected chi connectivity index (χ1v) is 7.67. The molecule has 0 heterocycles. The third-order valence-corrected chi connectivity index (χ3v) is 3.64. The fraction of sp³-hybridized carbons (Fsp3) is 0.235. The minimum atomic E-state index is -4.49. The second kappa shape index (κ2) is 7.57. The molecule has 0 bridgehead atoms. The molecule has 2 aromatic rings. The second-order valence-electron chi connectivity index (χ2n) is 5.25. The number of hydrogen-bond acceptors (Lipinski definition) is 2. The van der Waals surface area contributed by atoms with Crippen molar-refractivity contribution in [3.63, 3.8) is 0 Å². The number of benzene rings is 2. The van der Waals surface area contributed by atoms with Crippen molar-refractivity contribution in [1.82, 2.24) is 0 Å². The number of hydrogen-bond donors (Lipinski definition) is 1. The first-order chi connectivity index (χ1) is 11.3. The van der Waals surface area contributed by atoms with Gasteiger partial charge in [-0.2, -0.15) is 13.2 Å². The third-order valence-electron chi connectivity index (χ3n) is 3.39. The van der Waals surface area contributed by atoms with Crippen LogP contribution in [-0.2, 0) is 17.5 Å². The predicted octanol–water partition coefficient (Wildman–Crippen LogP) is 4.52. The van der Waals surface area contributed by atoms with Gasteiger partial charge in [-0.05, 0) is 23.8 Å². The molecule has 3 nitrogen and oxygen atoms in total. The highest BCUT2D eigenvalue weighted by Gasteiger charge is 2.31. The van der Waals surface area contributed by atoms with E-state index in [4.69, 9.17) is 11.6 Å². The van der Waals surface area contributed by atoms with Gasteiger partial charge in [0.05, 0.1) is 16.9 Å². The maximum Gasteiger partial charge on any atom is 0.416 e. The summed E-state index contributed by atoms with van der Waals surface area (Å²) in [7, 11) is 1.74. The van der Waals surface area contributed by atoms with Gasteiger partial charge in [0.1, 0.15) is 5.88 Å². The number of amides is 1. The molecule has 0 fully saturated rings. The van der Waals surface area contributed by atoms with Crippen LogP contribution in [0, 0.1) is 0 Å². The first-order valence-electron chi connectivity index (χ1n) is 7.13. The van der Waals surface area contributed by atoms with Gasteiger partial charge in [-0.15, -0.1) is 11.6 Å². The Morgan fingerprint density at radius 2 is 1.83 bits per heavy atom. The summed E-state index contributed by atoms with van der Waals surface area (Å²) in [5, 5.41) is 2.43. The molecule has 0 aliphatic rings. The van der Waals surface area contributed by atoms with E-state index < -0.39 is 17.6 Å². The fourth-order valence-electron chi connectivity index (χ4n) is 2.27. The molecule has 0 atom stereocenters. The molecule has 0 radical (unpaired) electrons. The summed E-state index contributed by atoms with van der Waals surface area (Å²) in [6.07, 6.45) is -4.49. The fourth-order valence-corrected chi connectivity index (χ4v) is 2.34. The van der Waals surface area contributed by atoms with Gasteiger partial charge < -0.3 is 10.2 Å². The van der Waals surface area contributed by atoms with Crippen molar-refractivity contribution in [2.75, 3.05) is 23.1 Å². The second-order valence-corrected chi connectivity index (χ2v) is 5.52. The minimum absolute atomic E-state index is 0.0777. The Bertz CT molecular complexity index is 705. The van der Waals surface area contributed by atoms with Crippen molar-refractivity contribution in [1.29, 1.82) is 0 Å². The molecule has 0 unspecified atom stereocenters. The third kappa shape index (κ3) is 4.64. The average Bonchev–Trinajstić information content (AvgIpc) is 2.54. The number of halogens is 4. The highest BCUT2D eigenvalue weighted by molar-refractivity contribution is 6.29. The Labute approximate surface area is 143 Å². The van der Waals surface area contributed by atoms with Crippen molar-refractivity contribution >= 4 is 28.9 Å². The van der Waals surface area contributed by atoms with Gasteiger partial charge in [-0.1, -0.05) is 30.3 Å². The van der Waals surface area contributed by atoms with Gasteiger partial charge in [0.2, 0.25) is 5.91 Å². The highest BCUT2D eigenvalue weighted by atomic mass is 35.5. The molecule has 7 heteroatoms. The Morgan fingerprint density at radius 3 is 2.42 bits per heavy atom. The van der Waals surface area contributed by atoms with Gasteiger partial charge in [0, 0.05) is 13.6 Å². The smallest absolute Gasteiger partial charge is 0.369 e. The normalized spacial score (nSPS) is 11.2. The average molecular weight is 357 g/mol. The molecule has 1 amide bonds. The Morgan fingerprint density at radius 1 is 1.17 bits per heavy atom. The molecule has 24 heavy (non-hydrogen) atoms. The van der Waals surface area contributed by atoms with Gasteiger partial charge in [-0.3, -0.25) is 4.79 Å². The van der Waals surface area contributed by atoms with Crippen LogP contribution in [0.4, 0.5) is 24.5 Å². The van der Waals surface area contributed by atoms with Crippen LogP contribution in [0.5, 0.6) is 0 Å². The van der Waals surface area contributed by atoms with Crippen molar-refractivity contribution in [3.05, 3.63) is 59.7 Å². The SMILES string of the molecule is CN(Cc1ccccc1)c1ccc(C(F)(F)F)cc1NC(=O)CCl. The molecular weight excluding hydrogens is 341 g/mol. The molecule has 0 saturated carbocycles. The Hall–Kier alpha value is -2.21. The molecule has 0 aromatic heterocycles. The number of carbonyl (C=O) groups excluding carboxylic acids is 1. The summed E-state index contributed by atoms with van der Waals surface area (Å²) < 4.78 is 38.7. The van der Waals surface area contributed by atoms with E-state index in [1.165, 1.54) is 6.07 Å². The summed E-state index contributed by atoms with van der Waals surface area (Å²) in [4.78, 5) is 13.3. The zero-order valence-corrected chi connectivity index (χ0v) is 13.7. The number of alkyl halides is 4. The van der Waals surface area contributed by atoms with E-state index in [1.54, 1.807) is 11.9 Å². The van der Waals surface area contributed by atoms with Crippen molar-refractivity contribution < 1.29 is 18.0 Å². The minimum Gasteiger partial charge on any atom is -0.369 e. The van der Waals surface area contributed by atoms with Crippen LogP contribution in [0.15, 0.2) is 48.5 Å². The lowest BCUT2D eigenvalue weighted by atomic mass is 10.1. The van der Waals surface area contributed by atoms with E-state index in [0.717, 1.165) is 17.7 Å². The van der Waals surface area contributed by atoms with Gasteiger partial charge >= 0.3 is 6.18 Å². The van der Waals surface area contributed by atoms with Gasteiger partial charge in [0.25, 0.3) is 0 Å².